The summed E-state index contributed by atoms with van der Waals surface area (Å²) in [5.74, 6) is -0.00630. The maximum absolute atomic E-state index is 12.6. The van der Waals surface area contributed by atoms with Crippen LogP contribution in [0.4, 0.5) is 4.39 Å². The van der Waals surface area contributed by atoms with Crippen LogP contribution in [0.5, 0.6) is 0 Å². The van der Waals surface area contributed by atoms with E-state index in [0.29, 0.717) is 18.0 Å². The molecule has 3 nitrogen and oxygen atoms in total. The molecule has 0 radical (unpaired) electrons. The van der Waals surface area contributed by atoms with Crippen LogP contribution in [0, 0.1) is 11.7 Å². The number of halogens is 1. The molecule has 1 N–H and O–H groups in total. The topological polar surface area (TPSA) is 46.2 Å². The molecule has 0 aliphatic rings. The Balaban J connectivity index is 2.52. The molecular formula is C12H18FNO2S. The molecule has 0 atom stereocenters. The largest absolute Gasteiger partial charge is 0.215 e. The Morgan fingerprint density at radius 2 is 1.82 bits per heavy atom. The van der Waals surface area contributed by atoms with Crippen molar-refractivity contribution in [1.82, 2.24) is 4.72 Å². The maximum atomic E-state index is 12.6. The molecule has 0 aliphatic heterocycles. The van der Waals surface area contributed by atoms with E-state index in [2.05, 4.69) is 4.72 Å². The average Bonchev–Trinajstić information content (AvgIpc) is 2.20. The lowest BCUT2D eigenvalue weighted by Gasteiger charge is -2.08. The van der Waals surface area contributed by atoms with Crippen LogP contribution in [0.1, 0.15) is 25.8 Å². The third-order valence-corrected chi connectivity index (χ3v) is 3.67. The Morgan fingerprint density at radius 1 is 1.24 bits per heavy atom. The quantitative estimate of drug-likeness (QED) is 0.852. The highest BCUT2D eigenvalue weighted by Crippen LogP contribution is 2.07. The first-order chi connectivity index (χ1) is 7.89. The fourth-order valence-corrected chi connectivity index (χ4v) is 2.52. The fourth-order valence-electron chi connectivity index (χ4n) is 1.35. The first-order valence-corrected chi connectivity index (χ1v) is 7.26. The molecule has 1 rings (SSSR count). The van der Waals surface area contributed by atoms with E-state index in [9.17, 15) is 12.8 Å². The predicted octanol–water partition coefficient (Wildman–Crippen LogP) is 2.29. The Bertz CT molecular complexity index is 440. The zero-order chi connectivity index (χ0) is 12.9. The van der Waals surface area contributed by atoms with E-state index >= 15 is 0 Å². The summed E-state index contributed by atoms with van der Waals surface area (Å²) in [6.45, 7) is 4.52. The van der Waals surface area contributed by atoms with Crippen molar-refractivity contribution in [2.75, 3.05) is 6.54 Å². The molecule has 0 aromatic heterocycles. The summed E-state index contributed by atoms with van der Waals surface area (Å²) in [4.78, 5) is 0. The second-order valence-corrected chi connectivity index (χ2v) is 6.27. The molecule has 0 amide bonds. The van der Waals surface area contributed by atoms with Gasteiger partial charge in [-0.2, -0.15) is 0 Å². The van der Waals surface area contributed by atoms with Gasteiger partial charge in [0.1, 0.15) is 5.82 Å². The van der Waals surface area contributed by atoms with Crippen LogP contribution in [-0.2, 0) is 15.8 Å². The second-order valence-electron chi connectivity index (χ2n) is 4.46. The predicted molar refractivity (Wildman–Crippen MR) is 66.5 cm³/mol. The lowest BCUT2D eigenvalue weighted by atomic mass is 10.1. The minimum Gasteiger partial charge on any atom is -0.215 e. The molecule has 1 aromatic carbocycles. The Hall–Kier alpha value is -0.940. The van der Waals surface area contributed by atoms with Crippen molar-refractivity contribution >= 4 is 10.0 Å². The summed E-state index contributed by atoms with van der Waals surface area (Å²) in [7, 11) is -3.32. The van der Waals surface area contributed by atoms with Gasteiger partial charge < -0.3 is 0 Å². The lowest BCUT2D eigenvalue weighted by molar-refractivity contribution is 0.551. The van der Waals surface area contributed by atoms with Crippen molar-refractivity contribution in [2.45, 2.75) is 26.0 Å². The van der Waals surface area contributed by atoms with Crippen LogP contribution in [-0.4, -0.2) is 15.0 Å². The maximum Gasteiger partial charge on any atom is 0.215 e. The molecule has 0 heterocycles. The van der Waals surface area contributed by atoms with Crippen molar-refractivity contribution in [3.8, 4) is 0 Å². The van der Waals surface area contributed by atoms with Crippen LogP contribution < -0.4 is 4.72 Å². The summed E-state index contributed by atoms with van der Waals surface area (Å²) in [5, 5.41) is 0. The van der Waals surface area contributed by atoms with Crippen molar-refractivity contribution in [1.29, 1.82) is 0 Å². The summed E-state index contributed by atoms with van der Waals surface area (Å²) in [5.41, 5.74) is 0.587. The number of hydrogen-bond acceptors (Lipinski definition) is 2. The van der Waals surface area contributed by atoms with Crippen LogP contribution >= 0.6 is 0 Å². The summed E-state index contributed by atoms with van der Waals surface area (Å²) in [6.07, 6.45) is 0.808. The van der Waals surface area contributed by atoms with Gasteiger partial charge in [-0.25, -0.2) is 17.5 Å². The lowest BCUT2D eigenvalue weighted by Crippen LogP contribution is -2.26. The summed E-state index contributed by atoms with van der Waals surface area (Å²) < 4.78 is 38.5. The third-order valence-electron chi connectivity index (χ3n) is 2.31. The molecule has 0 unspecified atom stereocenters. The van der Waals surface area contributed by atoms with Gasteiger partial charge in [0.15, 0.2) is 0 Å². The van der Waals surface area contributed by atoms with Crippen molar-refractivity contribution in [2.24, 2.45) is 5.92 Å². The monoisotopic (exact) mass is 259 g/mol. The van der Waals surface area contributed by atoms with Crippen LogP contribution in [0.25, 0.3) is 0 Å². The van der Waals surface area contributed by atoms with Gasteiger partial charge in [0, 0.05) is 6.54 Å². The third kappa shape index (κ3) is 5.79. The van der Waals surface area contributed by atoms with Gasteiger partial charge in [0.05, 0.1) is 5.75 Å². The van der Waals surface area contributed by atoms with E-state index in [4.69, 9.17) is 0 Å². The Morgan fingerprint density at radius 3 is 2.35 bits per heavy atom. The molecule has 0 aliphatic carbocycles. The van der Waals surface area contributed by atoms with E-state index in [0.717, 1.165) is 6.42 Å². The van der Waals surface area contributed by atoms with Crippen molar-refractivity contribution in [3.05, 3.63) is 35.6 Å². The molecule has 1 aromatic rings. The highest BCUT2D eigenvalue weighted by molar-refractivity contribution is 7.88. The van der Waals surface area contributed by atoms with Gasteiger partial charge in [0.2, 0.25) is 10.0 Å². The van der Waals surface area contributed by atoms with Gasteiger partial charge in [-0.3, -0.25) is 0 Å². The molecule has 0 saturated heterocycles. The number of sulfonamides is 1. The van der Waals surface area contributed by atoms with Crippen LogP contribution in [0.3, 0.4) is 0 Å². The van der Waals surface area contributed by atoms with E-state index in [1.54, 1.807) is 0 Å². The molecule has 0 spiro atoms. The first-order valence-electron chi connectivity index (χ1n) is 5.61. The minimum atomic E-state index is -3.32. The molecular weight excluding hydrogens is 241 g/mol. The number of rotatable bonds is 6. The van der Waals surface area contributed by atoms with Crippen LogP contribution in [0.2, 0.25) is 0 Å². The molecule has 5 heteroatoms. The average molecular weight is 259 g/mol. The zero-order valence-electron chi connectivity index (χ0n) is 10.1. The fraction of sp³-hybridized carbons (Fsp3) is 0.500. The minimum absolute atomic E-state index is 0.106. The molecule has 17 heavy (non-hydrogen) atoms. The van der Waals surface area contributed by atoms with Gasteiger partial charge >= 0.3 is 0 Å². The van der Waals surface area contributed by atoms with Gasteiger partial charge in [-0.15, -0.1) is 0 Å². The summed E-state index contributed by atoms with van der Waals surface area (Å²) >= 11 is 0. The van der Waals surface area contributed by atoms with Gasteiger partial charge in [0.25, 0.3) is 0 Å². The molecule has 0 saturated carbocycles. The smallest absolute Gasteiger partial charge is 0.215 e. The van der Waals surface area contributed by atoms with E-state index < -0.39 is 10.0 Å². The Labute approximate surface area is 102 Å². The number of hydrogen-bond donors (Lipinski definition) is 1. The van der Waals surface area contributed by atoms with Crippen molar-refractivity contribution < 1.29 is 12.8 Å². The van der Waals surface area contributed by atoms with E-state index in [1.807, 2.05) is 13.8 Å². The second kappa shape index (κ2) is 6.12. The van der Waals surface area contributed by atoms with E-state index in [-0.39, 0.29) is 11.6 Å². The van der Waals surface area contributed by atoms with Crippen molar-refractivity contribution in [3.63, 3.8) is 0 Å². The molecule has 0 bridgehead atoms. The first kappa shape index (κ1) is 14.1. The van der Waals surface area contributed by atoms with Crippen LogP contribution in [0.15, 0.2) is 24.3 Å². The highest BCUT2D eigenvalue weighted by atomic mass is 32.2. The normalized spacial score (nSPS) is 12.0. The molecule has 96 valence electrons. The van der Waals surface area contributed by atoms with Gasteiger partial charge in [-0.1, -0.05) is 26.0 Å². The van der Waals surface area contributed by atoms with Gasteiger partial charge in [-0.05, 0) is 30.0 Å². The Kier molecular flexibility index (Phi) is 5.08. The number of benzene rings is 1. The van der Waals surface area contributed by atoms with E-state index in [1.165, 1.54) is 24.3 Å². The SMILES string of the molecule is CC(C)CCNS(=O)(=O)Cc1ccc(F)cc1. The molecule has 0 fully saturated rings. The number of nitrogens with one attached hydrogen (secondary N) is 1. The highest BCUT2D eigenvalue weighted by Gasteiger charge is 2.11. The standard InChI is InChI=1S/C12H18FNO2S/c1-10(2)7-8-14-17(15,16)9-11-3-5-12(13)6-4-11/h3-6,10,14H,7-9H2,1-2H3. The summed E-state index contributed by atoms with van der Waals surface area (Å²) in [6, 6.07) is 5.49. The zero-order valence-corrected chi connectivity index (χ0v) is 10.9.